The third kappa shape index (κ3) is 2.90. The number of rotatable bonds is 6. The number of nitrogens with one attached hydrogen (secondary N) is 1. The van der Waals surface area contributed by atoms with Crippen molar-refractivity contribution in [3.63, 3.8) is 0 Å². The molecule has 0 aliphatic rings. The minimum atomic E-state index is -0.735. The van der Waals surface area contributed by atoms with Gasteiger partial charge in [-0.3, -0.25) is 9.59 Å². The fourth-order valence-corrected chi connectivity index (χ4v) is 2.03. The quantitative estimate of drug-likeness (QED) is 0.318. The molecule has 0 bridgehead atoms. The molecule has 23 heavy (non-hydrogen) atoms. The predicted octanol–water partition coefficient (Wildman–Crippen LogP) is -2.01. The molecule has 0 fully saturated rings. The highest BCUT2D eigenvalue weighted by molar-refractivity contribution is 6.33. The lowest BCUT2D eigenvalue weighted by Gasteiger charge is -2.02. The van der Waals surface area contributed by atoms with Crippen LogP contribution in [0.5, 0.6) is 0 Å². The average Bonchev–Trinajstić information content (AvgIpc) is 3.22. The molecular weight excluding hydrogens is 302 g/mol. The van der Waals surface area contributed by atoms with Crippen LogP contribution in [0.3, 0.4) is 0 Å². The van der Waals surface area contributed by atoms with Crippen molar-refractivity contribution in [3.05, 3.63) is 47.1 Å². The molecule has 9 nitrogen and oxygen atoms in total. The molecule has 120 valence electrons. The van der Waals surface area contributed by atoms with Gasteiger partial charge in [-0.15, -0.1) is 5.10 Å². The summed E-state index contributed by atoms with van der Waals surface area (Å²) in [6, 6.07) is 0. The highest BCUT2D eigenvalue weighted by Crippen LogP contribution is 1.98. The van der Waals surface area contributed by atoms with E-state index in [1.807, 2.05) is 0 Å². The van der Waals surface area contributed by atoms with Crippen LogP contribution in [0.25, 0.3) is 11.6 Å². The smallest absolute Gasteiger partial charge is 0.227 e. The Kier molecular flexibility index (Phi) is 4.72. The topological polar surface area (TPSA) is 136 Å². The molecule has 0 aliphatic carbocycles. The number of carbonyl (C=O) groups is 2. The number of methoxy groups -OCH3 is 1. The first-order valence-electron chi connectivity index (χ1n) is 6.46. The maximum absolute atomic E-state index is 11.8. The molecule has 2 heterocycles. The molecule has 0 spiro atoms. The fraction of sp³-hybridized carbons (Fsp3) is 0.143. The first-order chi connectivity index (χ1) is 11.1. The Hall–Kier alpha value is -3.20. The van der Waals surface area contributed by atoms with Gasteiger partial charge >= 0.3 is 0 Å². The molecule has 0 amide bonds. The minimum Gasteiger partial charge on any atom is -0.496 e. The van der Waals surface area contributed by atoms with E-state index in [-0.39, 0.29) is 41.1 Å². The number of nitrogens with zero attached hydrogens (tertiary/aromatic N) is 3. The number of ketones is 1. The van der Waals surface area contributed by atoms with Gasteiger partial charge in [0.1, 0.15) is 18.7 Å². The summed E-state index contributed by atoms with van der Waals surface area (Å²) < 4.78 is 6.42. The molecule has 9 heteroatoms. The van der Waals surface area contributed by atoms with E-state index in [1.165, 1.54) is 30.4 Å². The number of carbonyl (C=O) groups excluding carboxylic acids is 2. The van der Waals surface area contributed by atoms with E-state index >= 15 is 0 Å². The molecule has 0 radical (unpaired) electrons. The number of ether oxygens (including phenoxy) is 1. The van der Waals surface area contributed by atoms with Crippen LogP contribution in [0.1, 0.15) is 16.2 Å². The van der Waals surface area contributed by atoms with E-state index in [2.05, 4.69) is 21.6 Å². The Morgan fingerprint density at radius 3 is 2.87 bits per heavy atom. The number of H-pyrrole nitrogens is 1. The van der Waals surface area contributed by atoms with E-state index in [9.17, 15) is 9.59 Å². The van der Waals surface area contributed by atoms with Gasteiger partial charge in [-0.05, 0) is 6.08 Å². The molecule has 0 saturated carbocycles. The third-order valence-electron chi connectivity index (χ3n) is 3.09. The van der Waals surface area contributed by atoms with Crippen molar-refractivity contribution < 1.29 is 19.4 Å². The molecular formula is C14H15N5O4. The highest BCUT2D eigenvalue weighted by Gasteiger charge is 2.14. The Balaban J connectivity index is 2.87. The van der Waals surface area contributed by atoms with Crippen molar-refractivity contribution in [2.45, 2.75) is 6.61 Å². The summed E-state index contributed by atoms with van der Waals surface area (Å²) in [5, 5.41) is 13.6. The van der Waals surface area contributed by atoms with E-state index < -0.39 is 5.78 Å². The van der Waals surface area contributed by atoms with Gasteiger partial charge < -0.3 is 20.6 Å². The van der Waals surface area contributed by atoms with Crippen LogP contribution in [0.2, 0.25) is 0 Å². The standard InChI is InChI=1S/C14H15N5O4/c1-3-10(23-2)12-8(9(22)5-20)4-16-13(12)14(15)19-7-17-11(6-21)18-19/h3-5,7,16,21H,1,6,15H2,2H3/b12-10+,14-13-. The molecule has 2 aromatic rings. The van der Waals surface area contributed by atoms with Crippen molar-refractivity contribution in [2.24, 2.45) is 5.73 Å². The van der Waals surface area contributed by atoms with Crippen LogP contribution in [0.4, 0.5) is 0 Å². The average molecular weight is 317 g/mol. The maximum Gasteiger partial charge on any atom is 0.227 e. The van der Waals surface area contributed by atoms with Crippen molar-refractivity contribution in [1.82, 2.24) is 19.7 Å². The Bertz CT molecular complexity index is 877. The van der Waals surface area contributed by atoms with Gasteiger partial charge in [-0.25, -0.2) is 9.67 Å². The van der Waals surface area contributed by atoms with Crippen LogP contribution < -0.4 is 16.3 Å². The number of hydrogen-bond donors (Lipinski definition) is 3. The van der Waals surface area contributed by atoms with Gasteiger partial charge in [-0.2, -0.15) is 0 Å². The number of aromatic nitrogens is 4. The third-order valence-corrected chi connectivity index (χ3v) is 3.09. The molecule has 0 unspecified atom stereocenters. The van der Waals surface area contributed by atoms with Crippen LogP contribution in [-0.4, -0.2) is 44.0 Å². The largest absolute Gasteiger partial charge is 0.496 e. The number of aliphatic hydroxyl groups excluding tert-OH is 1. The van der Waals surface area contributed by atoms with Crippen LogP contribution in [0, 0.1) is 0 Å². The van der Waals surface area contributed by atoms with E-state index in [0.29, 0.717) is 5.35 Å². The molecule has 0 atom stereocenters. The second-order valence-corrected chi connectivity index (χ2v) is 4.36. The maximum atomic E-state index is 11.8. The van der Waals surface area contributed by atoms with Gasteiger partial charge in [-0.1, -0.05) is 6.58 Å². The number of aliphatic hydroxyl groups is 1. The van der Waals surface area contributed by atoms with Gasteiger partial charge in [0.15, 0.2) is 17.9 Å². The molecule has 0 aliphatic heterocycles. The minimum absolute atomic E-state index is 0.0946. The Morgan fingerprint density at radius 2 is 2.35 bits per heavy atom. The summed E-state index contributed by atoms with van der Waals surface area (Å²) in [6.07, 6.45) is 4.25. The van der Waals surface area contributed by atoms with Gasteiger partial charge in [0.05, 0.1) is 23.2 Å². The van der Waals surface area contributed by atoms with E-state index in [4.69, 9.17) is 15.6 Å². The molecule has 0 aromatic carbocycles. The van der Waals surface area contributed by atoms with Crippen molar-refractivity contribution in [1.29, 1.82) is 0 Å². The molecule has 2 rings (SSSR count). The lowest BCUT2D eigenvalue weighted by molar-refractivity contribution is -0.104. The monoisotopic (exact) mass is 317 g/mol. The first-order valence-corrected chi connectivity index (χ1v) is 6.46. The number of aromatic amines is 1. The Morgan fingerprint density at radius 1 is 1.61 bits per heavy atom. The Labute approximate surface area is 130 Å². The summed E-state index contributed by atoms with van der Waals surface area (Å²) in [4.78, 5) is 29.3. The zero-order valence-electron chi connectivity index (χ0n) is 12.3. The second kappa shape index (κ2) is 6.71. The summed E-state index contributed by atoms with van der Waals surface area (Å²) in [7, 11) is 1.40. The van der Waals surface area contributed by atoms with Gasteiger partial charge in [0.25, 0.3) is 0 Å². The normalized spacial score (nSPS) is 13.3. The van der Waals surface area contributed by atoms with Crippen LogP contribution in [-0.2, 0) is 16.1 Å². The van der Waals surface area contributed by atoms with Crippen LogP contribution in [0.15, 0.2) is 25.2 Å². The van der Waals surface area contributed by atoms with Crippen LogP contribution >= 0.6 is 0 Å². The summed E-state index contributed by atoms with van der Waals surface area (Å²) in [6.45, 7) is 3.27. The summed E-state index contributed by atoms with van der Waals surface area (Å²) >= 11 is 0. The molecule has 0 saturated heterocycles. The SMILES string of the molecule is C=C/C(OC)=c1/c(C(=O)C=O)c[nH]/c1=C(/N)n1cnc(CO)n1. The van der Waals surface area contributed by atoms with E-state index in [1.54, 1.807) is 0 Å². The fourth-order valence-electron chi connectivity index (χ4n) is 2.03. The predicted molar refractivity (Wildman–Crippen MR) is 80.0 cm³/mol. The van der Waals surface area contributed by atoms with Gasteiger partial charge in [0, 0.05) is 6.20 Å². The lowest BCUT2D eigenvalue weighted by Crippen LogP contribution is -2.36. The lowest BCUT2D eigenvalue weighted by atomic mass is 10.1. The molecule has 2 aromatic heterocycles. The van der Waals surface area contributed by atoms with Crippen molar-refractivity contribution >= 4 is 23.6 Å². The number of Topliss-reactive ketones (excluding diaryl/α,β-unsaturated/α-hetero) is 1. The second-order valence-electron chi connectivity index (χ2n) is 4.36. The van der Waals surface area contributed by atoms with Gasteiger partial charge in [0.2, 0.25) is 5.78 Å². The zero-order chi connectivity index (χ0) is 17.0. The number of aldehydes is 1. The zero-order valence-corrected chi connectivity index (χ0v) is 12.3. The number of hydrogen-bond acceptors (Lipinski definition) is 7. The summed E-state index contributed by atoms with van der Waals surface area (Å²) in [5.74, 6) is -0.184. The summed E-state index contributed by atoms with van der Waals surface area (Å²) in [5.41, 5.74) is 6.14. The first kappa shape index (κ1) is 16.2. The highest BCUT2D eigenvalue weighted by atomic mass is 16.5. The molecule has 4 N–H and O–H groups in total. The van der Waals surface area contributed by atoms with Crippen molar-refractivity contribution in [3.8, 4) is 0 Å². The number of nitrogens with two attached hydrogens (primary N) is 1. The van der Waals surface area contributed by atoms with Crippen molar-refractivity contribution in [2.75, 3.05) is 7.11 Å². The van der Waals surface area contributed by atoms with E-state index in [0.717, 1.165) is 0 Å².